The molecular formula is C17H19N5O2. The van der Waals surface area contributed by atoms with E-state index >= 15 is 0 Å². The monoisotopic (exact) mass is 325 g/mol. The first-order chi connectivity index (χ1) is 11.5. The number of fused-ring (bicyclic) bond motifs is 1. The van der Waals surface area contributed by atoms with E-state index in [1.54, 1.807) is 4.68 Å². The molecule has 24 heavy (non-hydrogen) atoms. The molecule has 7 heteroatoms. The van der Waals surface area contributed by atoms with Gasteiger partial charge in [0.25, 0.3) is 5.56 Å². The van der Waals surface area contributed by atoms with Crippen LogP contribution in [0, 0.1) is 13.8 Å². The van der Waals surface area contributed by atoms with Crippen molar-refractivity contribution in [3.05, 3.63) is 52.2 Å². The van der Waals surface area contributed by atoms with Gasteiger partial charge in [0.05, 0.1) is 11.9 Å². The zero-order valence-corrected chi connectivity index (χ0v) is 13.9. The fraction of sp³-hybridized carbons (Fsp3) is 0.294. The van der Waals surface area contributed by atoms with E-state index in [0.29, 0.717) is 17.6 Å². The van der Waals surface area contributed by atoms with Crippen LogP contribution in [0.4, 0.5) is 0 Å². The van der Waals surface area contributed by atoms with Crippen molar-refractivity contribution in [1.29, 1.82) is 0 Å². The Hall–Kier alpha value is -2.96. The molecule has 1 amide bonds. The van der Waals surface area contributed by atoms with Crippen LogP contribution in [0.25, 0.3) is 16.7 Å². The molecule has 0 bridgehead atoms. The lowest BCUT2D eigenvalue weighted by Gasteiger charge is -2.07. The van der Waals surface area contributed by atoms with E-state index in [9.17, 15) is 9.59 Å². The number of nitrogens with zero attached hydrogens (tertiary/aromatic N) is 4. The molecule has 0 aliphatic heterocycles. The lowest BCUT2D eigenvalue weighted by atomic mass is 10.1. The van der Waals surface area contributed by atoms with Gasteiger partial charge in [-0.05, 0) is 44.0 Å². The van der Waals surface area contributed by atoms with Crippen LogP contribution < -0.4 is 10.9 Å². The van der Waals surface area contributed by atoms with Crippen molar-refractivity contribution in [2.75, 3.05) is 6.54 Å². The summed E-state index contributed by atoms with van der Waals surface area (Å²) >= 11 is 0. The molecule has 2 heterocycles. The van der Waals surface area contributed by atoms with Gasteiger partial charge >= 0.3 is 0 Å². The number of hydrogen-bond donors (Lipinski definition) is 1. The Kier molecular flexibility index (Phi) is 4.16. The fourth-order valence-electron chi connectivity index (χ4n) is 2.73. The van der Waals surface area contributed by atoms with E-state index in [0.717, 1.165) is 16.8 Å². The van der Waals surface area contributed by atoms with Crippen LogP contribution in [0.5, 0.6) is 0 Å². The number of benzene rings is 1. The maximum absolute atomic E-state index is 12.5. The Morgan fingerprint density at radius 1 is 1.21 bits per heavy atom. The van der Waals surface area contributed by atoms with Crippen LogP contribution in [0.2, 0.25) is 0 Å². The second kappa shape index (κ2) is 6.27. The van der Waals surface area contributed by atoms with Gasteiger partial charge in [0.1, 0.15) is 18.3 Å². The van der Waals surface area contributed by atoms with E-state index in [1.807, 2.05) is 32.9 Å². The SMILES string of the molecule is CCNC(=O)Cn1cnc2c(cnn2-c2cc(C)cc(C)c2)c1=O. The second-order valence-electron chi connectivity index (χ2n) is 5.77. The van der Waals surface area contributed by atoms with Crippen LogP contribution in [0.1, 0.15) is 18.1 Å². The van der Waals surface area contributed by atoms with Crippen molar-refractivity contribution >= 4 is 16.9 Å². The largest absolute Gasteiger partial charge is 0.355 e. The predicted octanol–water partition coefficient (Wildman–Crippen LogP) is 1.34. The standard InChI is InChI=1S/C17H19N5O2/c1-4-18-15(23)9-21-10-19-16-14(17(21)24)8-20-22(16)13-6-11(2)5-12(3)7-13/h5-8,10H,4,9H2,1-3H3,(H,18,23). The van der Waals surface area contributed by atoms with Crippen LogP contribution in [-0.2, 0) is 11.3 Å². The number of aryl methyl sites for hydroxylation is 2. The van der Waals surface area contributed by atoms with Gasteiger partial charge in [0, 0.05) is 6.54 Å². The summed E-state index contributed by atoms with van der Waals surface area (Å²) < 4.78 is 2.94. The summed E-state index contributed by atoms with van der Waals surface area (Å²) in [7, 11) is 0. The van der Waals surface area contributed by atoms with Crippen LogP contribution in [-0.4, -0.2) is 31.8 Å². The van der Waals surface area contributed by atoms with E-state index in [1.165, 1.54) is 17.1 Å². The van der Waals surface area contributed by atoms with Gasteiger partial charge in [0.15, 0.2) is 5.65 Å². The van der Waals surface area contributed by atoms with Gasteiger partial charge in [-0.1, -0.05) is 6.07 Å². The number of nitrogens with one attached hydrogen (secondary N) is 1. The van der Waals surface area contributed by atoms with Crippen molar-refractivity contribution in [1.82, 2.24) is 24.6 Å². The molecule has 0 unspecified atom stereocenters. The predicted molar refractivity (Wildman–Crippen MR) is 91.3 cm³/mol. The first-order valence-electron chi connectivity index (χ1n) is 7.78. The maximum atomic E-state index is 12.5. The molecule has 0 aliphatic rings. The normalized spacial score (nSPS) is 11.0. The minimum absolute atomic E-state index is 0.0512. The summed E-state index contributed by atoms with van der Waals surface area (Å²) in [5.41, 5.74) is 3.28. The van der Waals surface area contributed by atoms with Crippen LogP contribution in [0.15, 0.2) is 35.5 Å². The number of amides is 1. The molecule has 3 rings (SSSR count). The van der Waals surface area contributed by atoms with Gasteiger partial charge < -0.3 is 5.32 Å². The summed E-state index contributed by atoms with van der Waals surface area (Å²) in [5.74, 6) is -0.220. The maximum Gasteiger partial charge on any atom is 0.264 e. The first kappa shape index (κ1) is 15.9. The second-order valence-corrected chi connectivity index (χ2v) is 5.77. The third kappa shape index (κ3) is 2.92. The van der Waals surface area contributed by atoms with Crippen molar-refractivity contribution in [3.8, 4) is 5.69 Å². The lowest BCUT2D eigenvalue weighted by molar-refractivity contribution is -0.121. The van der Waals surface area contributed by atoms with Gasteiger partial charge in [-0.3, -0.25) is 14.2 Å². The summed E-state index contributed by atoms with van der Waals surface area (Å²) in [6.45, 7) is 6.32. The van der Waals surface area contributed by atoms with Crippen LogP contribution in [0.3, 0.4) is 0 Å². The number of carbonyl (C=O) groups is 1. The Labute approximate surface area is 138 Å². The molecule has 0 spiro atoms. The molecule has 0 fully saturated rings. The van der Waals surface area contributed by atoms with Crippen LogP contribution >= 0.6 is 0 Å². The Morgan fingerprint density at radius 3 is 2.58 bits per heavy atom. The molecule has 124 valence electrons. The third-order valence-corrected chi connectivity index (χ3v) is 3.69. The molecule has 0 saturated heterocycles. The molecule has 0 atom stereocenters. The highest BCUT2D eigenvalue weighted by atomic mass is 16.2. The van der Waals surface area contributed by atoms with E-state index in [4.69, 9.17) is 0 Å². The Morgan fingerprint density at radius 2 is 1.92 bits per heavy atom. The third-order valence-electron chi connectivity index (χ3n) is 3.69. The average molecular weight is 325 g/mol. The van der Waals surface area contributed by atoms with Crippen molar-refractivity contribution in [3.63, 3.8) is 0 Å². The molecule has 0 aliphatic carbocycles. The zero-order valence-electron chi connectivity index (χ0n) is 13.9. The van der Waals surface area contributed by atoms with E-state index in [-0.39, 0.29) is 18.0 Å². The summed E-state index contributed by atoms with van der Waals surface area (Å²) in [6, 6.07) is 6.05. The summed E-state index contributed by atoms with van der Waals surface area (Å²) in [6.07, 6.45) is 2.89. The van der Waals surface area contributed by atoms with E-state index < -0.39 is 0 Å². The number of carbonyl (C=O) groups excluding carboxylic acids is 1. The molecule has 1 aromatic carbocycles. The average Bonchev–Trinajstić information content (AvgIpc) is 2.94. The van der Waals surface area contributed by atoms with E-state index in [2.05, 4.69) is 21.5 Å². The summed E-state index contributed by atoms with van der Waals surface area (Å²) in [4.78, 5) is 28.6. The van der Waals surface area contributed by atoms with Gasteiger partial charge in [-0.25, -0.2) is 9.67 Å². The lowest BCUT2D eigenvalue weighted by Crippen LogP contribution is -2.32. The summed E-state index contributed by atoms with van der Waals surface area (Å²) in [5, 5.41) is 7.36. The number of aromatic nitrogens is 4. The minimum Gasteiger partial charge on any atom is -0.355 e. The topological polar surface area (TPSA) is 81.8 Å². The highest BCUT2D eigenvalue weighted by molar-refractivity contribution is 5.77. The molecule has 3 aromatic rings. The molecule has 0 radical (unpaired) electrons. The van der Waals surface area contributed by atoms with Crippen molar-refractivity contribution < 1.29 is 4.79 Å². The van der Waals surface area contributed by atoms with Gasteiger partial charge in [0.2, 0.25) is 5.91 Å². The van der Waals surface area contributed by atoms with Gasteiger partial charge in [-0.15, -0.1) is 0 Å². The number of likely N-dealkylation sites (N-methyl/N-ethyl adjacent to an activating group) is 1. The highest BCUT2D eigenvalue weighted by Crippen LogP contribution is 2.16. The quantitative estimate of drug-likeness (QED) is 0.785. The Bertz CT molecular complexity index is 951. The molecule has 2 aromatic heterocycles. The molecule has 0 saturated carbocycles. The minimum atomic E-state index is -0.276. The molecule has 7 nitrogen and oxygen atoms in total. The van der Waals surface area contributed by atoms with Crippen molar-refractivity contribution in [2.45, 2.75) is 27.3 Å². The van der Waals surface area contributed by atoms with Crippen molar-refractivity contribution in [2.24, 2.45) is 0 Å². The number of rotatable bonds is 4. The molecule has 1 N–H and O–H groups in total. The zero-order chi connectivity index (χ0) is 17.3. The first-order valence-corrected chi connectivity index (χ1v) is 7.78. The highest BCUT2D eigenvalue weighted by Gasteiger charge is 2.13. The number of hydrogen-bond acceptors (Lipinski definition) is 4. The van der Waals surface area contributed by atoms with Gasteiger partial charge in [-0.2, -0.15) is 5.10 Å². The molecular weight excluding hydrogens is 306 g/mol. The fourth-order valence-corrected chi connectivity index (χ4v) is 2.73. The smallest absolute Gasteiger partial charge is 0.264 e. The Balaban J connectivity index is 2.06.